The Kier molecular flexibility index (Phi) is 14.0. The lowest BCUT2D eigenvalue weighted by atomic mass is 9.98. The van der Waals surface area contributed by atoms with E-state index in [1.165, 1.54) is 89.1 Å². The van der Waals surface area contributed by atoms with Gasteiger partial charge in [0, 0.05) is 27.7 Å². The molecule has 0 bridgehead atoms. The normalized spacial score (nSPS) is 14.4. The van der Waals surface area contributed by atoms with E-state index >= 15 is 0 Å². The number of thiophene rings is 1. The van der Waals surface area contributed by atoms with Gasteiger partial charge in [0.05, 0.1) is 0 Å². The molecule has 4 N–H and O–H groups in total. The van der Waals surface area contributed by atoms with Crippen LogP contribution in [0.3, 0.4) is 0 Å². The van der Waals surface area contributed by atoms with E-state index in [2.05, 4.69) is 76.5 Å². The number of carboxylic acid groups (broad SMARTS) is 4. The summed E-state index contributed by atoms with van der Waals surface area (Å²) in [6.45, 7) is 7.52. The molecular formula is C36H39ClN2O9S. The monoisotopic (exact) mass is 710 g/mol. The van der Waals surface area contributed by atoms with Crippen molar-refractivity contribution in [3.05, 3.63) is 88.4 Å². The van der Waals surface area contributed by atoms with Crippen LogP contribution < -0.4 is 4.74 Å². The minimum atomic E-state index is -1.82. The first kappa shape index (κ1) is 37.3. The number of halogens is 1. The first-order valence-corrected chi connectivity index (χ1v) is 17.1. The number of likely N-dealkylation sites (tertiary alicyclic amines) is 2. The summed E-state index contributed by atoms with van der Waals surface area (Å²) in [5, 5.41) is 31.8. The van der Waals surface area contributed by atoms with Gasteiger partial charge in [-0.15, -0.1) is 11.3 Å². The van der Waals surface area contributed by atoms with Crippen molar-refractivity contribution in [3.8, 4) is 16.2 Å². The SMILES string of the molecule is Clc1cc(Cc2c(-c3ccc(OCCN4CCCC4)cc3)sc3ccccc23)ccc1CN1CCCC1.O=C(O)C(=O)O.O=C(O)C(=O)O. The van der Waals surface area contributed by atoms with Crippen LogP contribution in [0.25, 0.3) is 20.5 Å². The zero-order valence-electron chi connectivity index (χ0n) is 26.8. The number of fused-ring (bicyclic) bond motifs is 1. The Labute approximate surface area is 292 Å². The van der Waals surface area contributed by atoms with Gasteiger partial charge in [-0.25, -0.2) is 19.2 Å². The number of carbonyl (C=O) groups is 4. The van der Waals surface area contributed by atoms with Gasteiger partial charge in [-0.3, -0.25) is 9.80 Å². The molecule has 2 aliphatic rings. The van der Waals surface area contributed by atoms with Crippen LogP contribution in [0.5, 0.6) is 5.75 Å². The summed E-state index contributed by atoms with van der Waals surface area (Å²) < 4.78 is 7.39. The molecule has 0 radical (unpaired) electrons. The van der Waals surface area contributed by atoms with Crippen molar-refractivity contribution in [2.45, 2.75) is 38.6 Å². The summed E-state index contributed by atoms with van der Waals surface area (Å²) in [7, 11) is 0. The van der Waals surface area contributed by atoms with Crippen molar-refractivity contribution in [1.29, 1.82) is 0 Å². The fraction of sp³-hybridized carbons (Fsp3) is 0.333. The summed E-state index contributed by atoms with van der Waals surface area (Å²) in [6.07, 6.45) is 6.12. The number of nitrogens with zero attached hydrogens (tertiary/aromatic N) is 2. The smallest absolute Gasteiger partial charge is 0.414 e. The molecule has 6 rings (SSSR count). The third kappa shape index (κ3) is 11.3. The third-order valence-corrected chi connectivity index (χ3v) is 9.76. The molecule has 0 saturated carbocycles. The van der Waals surface area contributed by atoms with Crippen LogP contribution in [0, 0.1) is 0 Å². The lowest BCUT2D eigenvalue weighted by Gasteiger charge is -2.16. The van der Waals surface area contributed by atoms with E-state index in [0.717, 1.165) is 36.9 Å². The van der Waals surface area contributed by atoms with E-state index in [-0.39, 0.29) is 0 Å². The molecule has 49 heavy (non-hydrogen) atoms. The van der Waals surface area contributed by atoms with E-state index in [9.17, 15) is 0 Å². The Bertz CT molecular complexity index is 1700. The van der Waals surface area contributed by atoms with Gasteiger partial charge in [0.2, 0.25) is 0 Å². The molecule has 0 spiro atoms. The van der Waals surface area contributed by atoms with Crippen LogP contribution in [-0.2, 0) is 32.1 Å². The van der Waals surface area contributed by atoms with E-state index < -0.39 is 23.9 Å². The van der Waals surface area contributed by atoms with Crippen molar-refractivity contribution in [2.24, 2.45) is 0 Å². The zero-order valence-corrected chi connectivity index (χ0v) is 28.4. The predicted molar refractivity (Wildman–Crippen MR) is 188 cm³/mol. The van der Waals surface area contributed by atoms with Gasteiger partial charge >= 0.3 is 23.9 Å². The quantitative estimate of drug-likeness (QED) is 0.146. The Morgan fingerprint density at radius 1 is 0.735 bits per heavy atom. The summed E-state index contributed by atoms with van der Waals surface area (Å²) in [6, 6.07) is 24.1. The minimum absolute atomic E-state index is 0.752. The second-order valence-corrected chi connectivity index (χ2v) is 13.1. The van der Waals surface area contributed by atoms with Crippen molar-refractivity contribution >= 4 is 56.9 Å². The number of aliphatic carboxylic acids is 4. The van der Waals surface area contributed by atoms with E-state index in [1.807, 2.05) is 11.3 Å². The molecule has 0 unspecified atom stereocenters. The van der Waals surface area contributed by atoms with Crippen molar-refractivity contribution < 1.29 is 44.3 Å². The van der Waals surface area contributed by atoms with Gasteiger partial charge in [0.25, 0.3) is 0 Å². The number of ether oxygens (including phenoxy) is 1. The lowest BCUT2D eigenvalue weighted by Crippen LogP contribution is -2.25. The van der Waals surface area contributed by atoms with E-state index in [1.54, 1.807) is 0 Å². The average Bonchev–Trinajstić information content (AvgIpc) is 3.86. The number of carboxylic acids is 4. The highest BCUT2D eigenvalue weighted by molar-refractivity contribution is 7.22. The zero-order chi connectivity index (χ0) is 35.3. The van der Waals surface area contributed by atoms with Gasteiger partial charge in [-0.2, -0.15) is 0 Å². The third-order valence-electron chi connectivity index (χ3n) is 8.15. The molecule has 3 heterocycles. The maximum Gasteiger partial charge on any atom is 0.414 e. The van der Waals surface area contributed by atoms with Gasteiger partial charge < -0.3 is 25.2 Å². The van der Waals surface area contributed by atoms with Crippen molar-refractivity contribution in [2.75, 3.05) is 39.3 Å². The largest absolute Gasteiger partial charge is 0.492 e. The molecule has 2 fully saturated rings. The number of rotatable bonds is 9. The Balaban J connectivity index is 0.000000388. The second-order valence-electron chi connectivity index (χ2n) is 11.6. The molecule has 0 atom stereocenters. The number of benzene rings is 3. The molecule has 260 valence electrons. The van der Waals surface area contributed by atoms with Crippen LogP contribution >= 0.6 is 22.9 Å². The molecule has 0 amide bonds. The standard InChI is InChI=1S/C32H35ClN2OS.2C2H2O4/c33-30-22-24(9-10-26(30)23-35-17-5-6-18-35)21-29-28-7-1-2-8-31(28)37-32(29)25-11-13-27(14-12-25)36-20-19-34-15-3-4-16-34;2*3-1(4)2(5)6/h1-2,7-14,22H,3-6,15-21,23H2;2*(H,3,4)(H,5,6). The molecule has 11 nitrogen and oxygen atoms in total. The van der Waals surface area contributed by atoms with Crippen LogP contribution in [-0.4, -0.2) is 93.4 Å². The summed E-state index contributed by atoms with van der Waals surface area (Å²) in [5.41, 5.74) is 5.14. The van der Waals surface area contributed by atoms with Crippen LogP contribution in [0.1, 0.15) is 42.4 Å². The number of hydrogen-bond acceptors (Lipinski definition) is 8. The van der Waals surface area contributed by atoms with E-state index in [4.69, 9.17) is 55.9 Å². The molecular weight excluding hydrogens is 672 g/mol. The van der Waals surface area contributed by atoms with Gasteiger partial charge in [-0.05, 0) is 122 Å². The first-order valence-electron chi connectivity index (χ1n) is 15.9. The highest BCUT2D eigenvalue weighted by Gasteiger charge is 2.17. The topological polar surface area (TPSA) is 165 Å². The highest BCUT2D eigenvalue weighted by atomic mass is 35.5. The van der Waals surface area contributed by atoms with Gasteiger partial charge in [0.15, 0.2) is 0 Å². The Morgan fingerprint density at radius 3 is 1.88 bits per heavy atom. The van der Waals surface area contributed by atoms with Gasteiger partial charge in [-0.1, -0.05) is 41.9 Å². The summed E-state index contributed by atoms with van der Waals surface area (Å²) in [5.74, 6) is -6.35. The molecule has 1 aromatic heterocycles. The van der Waals surface area contributed by atoms with E-state index in [0.29, 0.717) is 0 Å². The molecule has 4 aromatic rings. The molecule has 2 aliphatic heterocycles. The predicted octanol–water partition coefficient (Wildman–Crippen LogP) is 6.19. The van der Waals surface area contributed by atoms with Crippen molar-refractivity contribution in [3.63, 3.8) is 0 Å². The maximum absolute atomic E-state index is 9.10. The molecule has 2 saturated heterocycles. The first-order chi connectivity index (χ1) is 23.5. The summed E-state index contributed by atoms with van der Waals surface area (Å²) >= 11 is 8.66. The molecule has 13 heteroatoms. The lowest BCUT2D eigenvalue weighted by molar-refractivity contribution is -0.159. The van der Waals surface area contributed by atoms with Gasteiger partial charge in [0.1, 0.15) is 12.4 Å². The second kappa shape index (κ2) is 18.3. The van der Waals surface area contributed by atoms with Crippen molar-refractivity contribution in [1.82, 2.24) is 9.80 Å². The van der Waals surface area contributed by atoms with Crippen LogP contribution in [0.4, 0.5) is 0 Å². The fourth-order valence-electron chi connectivity index (χ4n) is 5.72. The van der Waals surface area contributed by atoms with Crippen LogP contribution in [0.2, 0.25) is 5.02 Å². The molecule has 0 aliphatic carbocycles. The average molecular weight is 711 g/mol. The number of hydrogen-bond donors (Lipinski definition) is 4. The molecule has 3 aromatic carbocycles. The summed E-state index contributed by atoms with van der Waals surface area (Å²) in [4.78, 5) is 42.7. The maximum atomic E-state index is 9.10. The Morgan fingerprint density at radius 2 is 1.31 bits per heavy atom. The van der Waals surface area contributed by atoms with Crippen LogP contribution in [0.15, 0.2) is 66.7 Å². The highest BCUT2D eigenvalue weighted by Crippen LogP contribution is 2.40. The fourth-order valence-corrected chi connectivity index (χ4v) is 7.21. The minimum Gasteiger partial charge on any atom is -0.492 e. The Hall–Kier alpha value is -4.49.